The Morgan fingerprint density at radius 2 is 2.12 bits per heavy atom. The van der Waals surface area contributed by atoms with Crippen molar-refractivity contribution < 1.29 is 13.9 Å². The summed E-state index contributed by atoms with van der Waals surface area (Å²) in [5, 5.41) is 0. The van der Waals surface area contributed by atoms with Crippen molar-refractivity contribution in [3.8, 4) is 5.75 Å². The third-order valence-corrected chi connectivity index (χ3v) is 3.74. The van der Waals surface area contributed by atoms with Gasteiger partial charge in [-0.15, -0.1) is 0 Å². The second-order valence-corrected chi connectivity index (χ2v) is 9.91. The van der Waals surface area contributed by atoms with E-state index in [0.717, 1.165) is 5.75 Å². The second kappa shape index (κ2) is 6.56. The van der Waals surface area contributed by atoms with E-state index in [1.54, 1.807) is 0 Å². The average molecular weight is 326 g/mol. The van der Waals surface area contributed by atoms with E-state index in [0.29, 0.717) is 11.1 Å². The molecule has 0 saturated heterocycles. The van der Waals surface area contributed by atoms with Crippen LogP contribution < -0.4 is 4.74 Å². The smallest absolute Gasteiger partial charge is 0.255 e. The molecule has 0 N–H and O–H groups in total. The van der Waals surface area contributed by atoms with Gasteiger partial charge in [-0.2, -0.15) is 4.39 Å². The molecular formula is C11H17BrFNO2S. The zero-order valence-electron chi connectivity index (χ0n) is 10.2. The number of ether oxygens (including phenoxy) is 2. The van der Waals surface area contributed by atoms with Crippen molar-refractivity contribution in [1.82, 2.24) is 4.98 Å². The van der Waals surface area contributed by atoms with Crippen LogP contribution in [-0.4, -0.2) is 42.9 Å². The molecule has 3 nitrogen and oxygen atoms in total. The quantitative estimate of drug-likeness (QED) is 0.457. The van der Waals surface area contributed by atoms with E-state index in [1.165, 1.54) is 12.3 Å². The summed E-state index contributed by atoms with van der Waals surface area (Å²) in [5.74, 6) is 0.482. The van der Waals surface area contributed by atoms with Crippen molar-refractivity contribution in [3.63, 3.8) is 0 Å². The zero-order chi connectivity index (χ0) is 12.9. The van der Waals surface area contributed by atoms with Crippen LogP contribution in [0.1, 0.15) is 0 Å². The Morgan fingerprint density at radius 3 is 2.76 bits per heavy atom. The third kappa shape index (κ3) is 6.24. The maximum Gasteiger partial charge on any atom is 0.255 e. The van der Waals surface area contributed by atoms with Crippen molar-refractivity contribution in [2.24, 2.45) is 0 Å². The minimum absolute atomic E-state index is 0.0462. The number of halogens is 2. The Kier molecular flexibility index (Phi) is 5.69. The lowest BCUT2D eigenvalue weighted by atomic mass is 10.4. The van der Waals surface area contributed by atoms with E-state index in [9.17, 15) is 4.39 Å². The predicted octanol–water partition coefficient (Wildman–Crippen LogP) is 3.03. The highest BCUT2D eigenvalue weighted by Crippen LogP contribution is 2.33. The largest absolute Gasteiger partial charge is 0.463 e. The van der Waals surface area contributed by atoms with Crippen molar-refractivity contribution in [2.45, 2.75) is 0 Å². The predicted molar refractivity (Wildman–Crippen MR) is 73.6 cm³/mol. The number of hydrogen-bond acceptors (Lipinski definition) is 3. The van der Waals surface area contributed by atoms with Crippen LogP contribution in [0.15, 0.2) is 16.7 Å². The molecule has 0 aromatic carbocycles. The summed E-state index contributed by atoms with van der Waals surface area (Å²) >= 11 is 3.20. The summed E-state index contributed by atoms with van der Waals surface area (Å²) in [6, 6.07) is 1.53. The van der Waals surface area contributed by atoms with Gasteiger partial charge < -0.3 is 9.47 Å². The molecule has 0 bridgehead atoms. The molecule has 17 heavy (non-hydrogen) atoms. The van der Waals surface area contributed by atoms with Gasteiger partial charge in [0.1, 0.15) is 0 Å². The van der Waals surface area contributed by atoms with E-state index in [1.807, 2.05) is 0 Å². The number of hydrogen-bond donors (Lipinski definition) is 0. The Morgan fingerprint density at radius 1 is 1.41 bits per heavy atom. The lowest BCUT2D eigenvalue weighted by molar-refractivity contribution is 0.0208. The highest BCUT2D eigenvalue weighted by molar-refractivity contribution is 9.10. The van der Waals surface area contributed by atoms with Gasteiger partial charge in [0.05, 0.1) is 6.61 Å². The molecule has 0 unspecified atom stereocenters. The SMILES string of the molecule is CS(C)(C)CCOCOc1cc(Br)cnc1F. The summed E-state index contributed by atoms with van der Waals surface area (Å²) in [5.41, 5.74) is 0. The fourth-order valence-corrected chi connectivity index (χ4v) is 1.91. The van der Waals surface area contributed by atoms with E-state index >= 15 is 0 Å². The van der Waals surface area contributed by atoms with Gasteiger partial charge in [-0.3, -0.25) is 0 Å². The highest BCUT2D eigenvalue weighted by Gasteiger charge is 2.06. The van der Waals surface area contributed by atoms with Gasteiger partial charge in [0.2, 0.25) is 0 Å². The first-order valence-electron chi connectivity index (χ1n) is 5.06. The minimum Gasteiger partial charge on any atom is -0.463 e. The van der Waals surface area contributed by atoms with Crippen LogP contribution in [-0.2, 0) is 4.74 Å². The lowest BCUT2D eigenvalue weighted by Gasteiger charge is -2.24. The monoisotopic (exact) mass is 325 g/mol. The summed E-state index contributed by atoms with van der Waals surface area (Å²) in [4.78, 5) is 3.53. The molecule has 0 saturated carbocycles. The second-order valence-electron chi connectivity index (χ2n) is 4.41. The zero-order valence-corrected chi connectivity index (χ0v) is 12.6. The highest BCUT2D eigenvalue weighted by atomic mass is 79.9. The first kappa shape index (κ1) is 14.7. The van der Waals surface area contributed by atoms with E-state index < -0.39 is 16.0 Å². The van der Waals surface area contributed by atoms with Crippen LogP contribution >= 0.6 is 26.0 Å². The summed E-state index contributed by atoms with van der Waals surface area (Å²) in [7, 11) is -0.559. The van der Waals surface area contributed by atoms with Gasteiger partial charge in [0.15, 0.2) is 12.5 Å². The Bertz CT molecular complexity index is 371. The van der Waals surface area contributed by atoms with Crippen molar-refractivity contribution in [2.75, 3.05) is 37.9 Å². The molecule has 0 aliphatic heterocycles. The van der Waals surface area contributed by atoms with Crippen molar-refractivity contribution in [1.29, 1.82) is 0 Å². The molecule has 0 spiro atoms. The summed E-state index contributed by atoms with van der Waals surface area (Å²) in [6.07, 6.45) is 8.03. The molecular weight excluding hydrogens is 309 g/mol. The fraction of sp³-hybridized carbons (Fsp3) is 0.545. The normalized spacial score (nSPS) is 12.5. The van der Waals surface area contributed by atoms with Crippen LogP contribution in [0.25, 0.3) is 0 Å². The van der Waals surface area contributed by atoms with Crippen LogP contribution in [0.3, 0.4) is 0 Å². The number of rotatable bonds is 6. The van der Waals surface area contributed by atoms with Crippen LogP contribution in [0.2, 0.25) is 0 Å². The molecule has 1 aromatic rings. The summed E-state index contributed by atoms with van der Waals surface area (Å²) < 4.78 is 24.3. The van der Waals surface area contributed by atoms with Crippen molar-refractivity contribution in [3.05, 3.63) is 22.7 Å². The third-order valence-electron chi connectivity index (χ3n) is 1.91. The van der Waals surface area contributed by atoms with Gasteiger partial charge in [-0.1, -0.05) is 0 Å². The molecule has 1 rings (SSSR count). The number of pyridine rings is 1. The molecule has 98 valence electrons. The molecule has 0 fully saturated rings. The van der Waals surface area contributed by atoms with Gasteiger partial charge in [-0.25, -0.2) is 15.0 Å². The molecule has 0 aliphatic carbocycles. The number of aromatic nitrogens is 1. The van der Waals surface area contributed by atoms with Crippen molar-refractivity contribution >= 4 is 26.0 Å². The molecule has 1 aromatic heterocycles. The topological polar surface area (TPSA) is 31.4 Å². The van der Waals surface area contributed by atoms with Crippen LogP contribution in [0.5, 0.6) is 5.75 Å². The number of nitrogens with zero attached hydrogens (tertiary/aromatic N) is 1. The van der Waals surface area contributed by atoms with Gasteiger partial charge in [0.25, 0.3) is 5.95 Å². The fourth-order valence-electron chi connectivity index (χ4n) is 0.978. The average Bonchev–Trinajstić information content (AvgIpc) is 2.21. The maximum absolute atomic E-state index is 13.2. The first-order valence-corrected chi connectivity index (χ1v) is 8.88. The van der Waals surface area contributed by atoms with E-state index in [2.05, 4.69) is 39.7 Å². The summed E-state index contributed by atoms with van der Waals surface area (Å²) in [6.45, 7) is 0.673. The minimum atomic E-state index is -0.627. The lowest BCUT2D eigenvalue weighted by Crippen LogP contribution is -2.11. The van der Waals surface area contributed by atoms with Gasteiger partial charge >= 0.3 is 0 Å². The first-order chi connectivity index (χ1) is 7.88. The van der Waals surface area contributed by atoms with Gasteiger partial charge in [0, 0.05) is 22.5 Å². The molecule has 6 heteroatoms. The van der Waals surface area contributed by atoms with E-state index in [-0.39, 0.29) is 12.5 Å². The Labute approximate surface area is 111 Å². The van der Waals surface area contributed by atoms with Gasteiger partial charge in [-0.05, 0) is 34.7 Å². The van der Waals surface area contributed by atoms with Crippen LogP contribution in [0, 0.1) is 5.95 Å². The molecule has 0 atom stereocenters. The van der Waals surface area contributed by atoms with E-state index in [4.69, 9.17) is 9.47 Å². The Balaban J connectivity index is 2.29. The molecule has 0 aliphatic rings. The molecule has 0 amide bonds. The maximum atomic E-state index is 13.2. The standard InChI is InChI=1S/C11H17BrFNO2S/c1-17(2,3)5-4-15-8-16-10-6-9(12)7-14-11(10)13/h6-7H,4-5,8H2,1-3H3. The molecule has 1 heterocycles. The Hall–Kier alpha value is -0.330. The van der Waals surface area contributed by atoms with Crippen LogP contribution in [0.4, 0.5) is 4.39 Å². The molecule has 0 radical (unpaired) electrons.